The topological polar surface area (TPSA) is 47.0 Å². The summed E-state index contributed by atoms with van der Waals surface area (Å²) in [6.07, 6.45) is 11.9. The lowest BCUT2D eigenvalue weighted by atomic mass is 9.94. The lowest BCUT2D eigenvalue weighted by molar-refractivity contribution is 0.341. The number of anilines is 1. The number of benzene rings is 2. The highest BCUT2D eigenvalue weighted by atomic mass is 19.1. The molecule has 34 heavy (non-hydrogen) atoms. The molecule has 4 rings (SSSR count). The molecule has 178 valence electrons. The summed E-state index contributed by atoms with van der Waals surface area (Å²) >= 11 is 0. The van der Waals surface area contributed by atoms with Gasteiger partial charge in [0.25, 0.3) is 0 Å². The number of halogens is 1. The van der Waals surface area contributed by atoms with Crippen LogP contribution in [-0.2, 0) is 0 Å². The van der Waals surface area contributed by atoms with E-state index in [1.165, 1.54) is 32.1 Å². The molecule has 0 spiro atoms. The highest BCUT2D eigenvalue weighted by Crippen LogP contribution is 2.33. The largest absolute Gasteiger partial charge is 0.486 e. The van der Waals surface area contributed by atoms with E-state index < -0.39 is 0 Å². The zero-order valence-electron chi connectivity index (χ0n) is 20.6. The van der Waals surface area contributed by atoms with Crippen molar-refractivity contribution in [2.75, 3.05) is 11.9 Å². The molecule has 1 saturated carbocycles. The summed E-state index contributed by atoms with van der Waals surface area (Å²) in [4.78, 5) is 9.30. The first-order valence-electron chi connectivity index (χ1n) is 12.2. The Morgan fingerprint density at radius 2 is 1.74 bits per heavy atom. The molecular formula is C29H34FN3O. The molecule has 1 fully saturated rings. The van der Waals surface area contributed by atoms with Crippen molar-refractivity contribution < 1.29 is 9.13 Å². The predicted molar refractivity (Wildman–Crippen MR) is 138 cm³/mol. The summed E-state index contributed by atoms with van der Waals surface area (Å²) < 4.78 is 20.2. The maximum absolute atomic E-state index is 14.7. The number of allylic oxidation sites excluding steroid dienone is 1. The Kier molecular flexibility index (Phi) is 7.61. The third-order valence-electron chi connectivity index (χ3n) is 6.43. The standard InChI is InChI=1S/C29H34FN3O/c1-19(2)12-13-34-28-11-10-22(16-26(28)30)24-14-21(4)25(15-20(24)3)27-17-32-29(18-31-27)33-23-8-6-5-7-9-23/h10-12,14-18,23H,5-9,13H2,1-4H3,(H,32,33). The van der Waals surface area contributed by atoms with E-state index in [2.05, 4.69) is 34.3 Å². The molecule has 5 heteroatoms. The predicted octanol–water partition coefficient (Wildman–Crippen LogP) is 7.66. The van der Waals surface area contributed by atoms with Crippen LogP contribution in [0.2, 0.25) is 0 Å². The van der Waals surface area contributed by atoms with Crippen LogP contribution in [0.1, 0.15) is 57.1 Å². The van der Waals surface area contributed by atoms with Crippen LogP contribution in [-0.4, -0.2) is 22.6 Å². The summed E-state index contributed by atoms with van der Waals surface area (Å²) in [6.45, 7) is 8.45. The minimum absolute atomic E-state index is 0.268. The molecule has 0 bridgehead atoms. The number of nitrogens with zero attached hydrogens (tertiary/aromatic N) is 2. The van der Waals surface area contributed by atoms with E-state index in [1.807, 2.05) is 45.3 Å². The Labute approximate surface area is 202 Å². The summed E-state index contributed by atoms with van der Waals surface area (Å²) in [6, 6.07) is 9.87. The molecule has 1 aromatic heterocycles. The molecule has 1 heterocycles. The van der Waals surface area contributed by atoms with E-state index in [0.717, 1.165) is 44.9 Å². The highest BCUT2D eigenvalue weighted by Gasteiger charge is 2.15. The lowest BCUT2D eigenvalue weighted by Crippen LogP contribution is -2.22. The first-order chi connectivity index (χ1) is 16.4. The maximum Gasteiger partial charge on any atom is 0.165 e. The molecule has 0 amide bonds. The van der Waals surface area contributed by atoms with Crippen molar-refractivity contribution in [3.8, 4) is 28.1 Å². The van der Waals surface area contributed by atoms with Crippen molar-refractivity contribution in [1.82, 2.24) is 9.97 Å². The lowest BCUT2D eigenvalue weighted by Gasteiger charge is -2.23. The first-order valence-corrected chi connectivity index (χ1v) is 12.2. The van der Waals surface area contributed by atoms with Gasteiger partial charge in [-0.2, -0.15) is 0 Å². The van der Waals surface area contributed by atoms with E-state index >= 15 is 0 Å². The van der Waals surface area contributed by atoms with Crippen LogP contribution in [0.4, 0.5) is 10.2 Å². The van der Waals surface area contributed by atoms with Crippen molar-refractivity contribution in [1.29, 1.82) is 0 Å². The second-order valence-electron chi connectivity index (χ2n) is 9.49. The van der Waals surface area contributed by atoms with Crippen molar-refractivity contribution in [2.24, 2.45) is 0 Å². The maximum atomic E-state index is 14.7. The first kappa shape index (κ1) is 23.9. The molecule has 0 aliphatic heterocycles. The molecule has 4 nitrogen and oxygen atoms in total. The van der Waals surface area contributed by atoms with Crippen LogP contribution in [0, 0.1) is 19.7 Å². The van der Waals surface area contributed by atoms with Gasteiger partial charge < -0.3 is 10.1 Å². The van der Waals surface area contributed by atoms with Crippen LogP contribution in [0.25, 0.3) is 22.4 Å². The van der Waals surface area contributed by atoms with Crippen LogP contribution >= 0.6 is 0 Å². The van der Waals surface area contributed by atoms with Gasteiger partial charge in [-0.3, -0.25) is 4.98 Å². The van der Waals surface area contributed by atoms with Crippen molar-refractivity contribution >= 4 is 5.82 Å². The van der Waals surface area contributed by atoms with Gasteiger partial charge in [-0.25, -0.2) is 9.37 Å². The monoisotopic (exact) mass is 459 g/mol. The SMILES string of the molecule is CC(C)=CCOc1ccc(-c2cc(C)c(-c3cnc(NC4CCCCC4)cn3)cc2C)cc1F. The van der Waals surface area contributed by atoms with Gasteiger partial charge in [0.2, 0.25) is 0 Å². The van der Waals surface area contributed by atoms with Crippen LogP contribution in [0.15, 0.2) is 54.4 Å². The van der Waals surface area contributed by atoms with E-state index in [4.69, 9.17) is 4.74 Å². The quantitative estimate of drug-likeness (QED) is 0.369. The zero-order valence-corrected chi connectivity index (χ0v) is 20.6. The molecule has 1 aliphatic rings. The third kappa shape index (κ3) is 5.82. The third-order valence-corrected chi connectivity index (χ3v) is 6.43. The fraction of sp³-hybridized carbons (Fsp3) is 0.379. The molecule has 0 unspecified atom stereocenters. The fourth-order valence-corrected chi connectivity index (χ4v) is 4.48. The molecular weight excluding hydrogens is 425 g/mol. The molecule has 0 saturated heterocycles. The summed E-state index contributed by atoms with van der Waals surface area (Å²) in [5, 5.41) is 3.52. The number of ether oxygens (including phenoxy) is 1. The second-order valence-corrected chi connectivity index (χ2v) is 9.49. The summed E-state index contributed by atoms with van der Waals surface area (Å²) in [5.74, 6) is 0.751. The average molecular weight is 460 g/mol. The summed E-state index contributed by atoms with van der Waals surface area (Å²) in [5.41, 5.74) is 6.99. The van der Waals surface area contributed by atoms with Crippen molar-refractivity contribution in [2.45, 2.75) is 65.8 Å². The fourth-order valence-electron chi connectivity index (χ4n) is 4.48. The van der Waals surface area contributed by atoms with Crippen molar-refractivity contribution in [3.63, 3.8) is 0 Å². The summed E-state index contributed by atoms with van der Waals surface area (Å²) in [7, 11) is 0. The molecule has 1 aliphatic carbocycles. The number of hydrogen-bond acceptors (Lipinski definition) is 4. The number of hydrogen-bond donors (Lipinski definition) is 1. The van der Waals surface area contributed by atoms with Gasteiger partial charge in [0.1, 0.15) is 12.4 Å². The number of rotatable bonds is 7. The molecule has 3 aromatic rings. The van der Waals surface area contributed by atoms with Gasteiger partial charge in [-0.1, -0.05) is 37.0 Å². The number of aromatic nitrogens is 2. The molecule has 2 aromatic carbocycles. The second kappa shape index (κ2) is 10.8. The Hall–Kier alpha value is -3.21. The average Bonchev–Trinajstić information content (AvgIpc) is 2.82. The van der Waals surface area contributed by atoms with E-state index in [0.29, 0.717) is 12.6 Å². The van der Waals surface area contributed by atoms with E-state index in [1.54, 1.807) is 12.1 Å². The minimum atomic E-state index is -0.354. The number of nitrogens with one attached hydrogen (secondary N) is 1. The molecule has 0 radical (unpaired) electrons. The molecule has 0 atom stereocenters. The van der Waals surface area contributed by atoms with Crippen molar-refractivity contribution in [3.05, 3.63) is 71.3 Å². The highest BCUT2D eigenvalue weighted by molar-refractivity contribution is 5.75. The van der Waals surface area contributed by atoms with Crippen LogP contribution in [0.3, 0.4) is 0 Å². The Morgan fingerprint density at radius 3 is 2.41 bits per heavy atom. The van der Waals surface area contributed by atoms with Crippen LogP contribution in [0.5, 0.6) is 5.75 Å². The number of aryl methyl sites for hydroxylation is 2. The zero-order chi connectivity index (χ0) is 24.1. The van der Waals surface area contributed by atoms with Gasteiger partial charge in [-0.05, 0) is 87.1 Å². The smallest absolute Gasteiger partial charge is 0.165 e. The van der Waals surface area contributed by atoms with E-state index in [-0.39, 0.29) is 11.6 Å². The van der Waals surface area contributed by atoms with Gasteiger partial charge in [0.05, 0.1) is 18.1 Å². The normalized spacial score (nSPS) is 14.0. The van der Waals surface area contributed by atoms with Crippen LogP contribution < -0.4 is 10.1 Å². The Balaban J connectivity index is 1.51. The Morgan fingerprint density at radius 1 is 1.00 bits per heavy atom. The minimum Gasteiger partial charge on any atom is -0.486 e. The van der Waals surface area contributed by atoms with Gasteiger partial charge in [0.15, 0.2) is 11.6 Å². The molecule has 1 N–H and O–H groups in total. The van der Waals surface area contributed by atoms with Gasteiger partial charge in [-0.15, -0.1) is 0 Å². The van der Waals surface area contributed by atoms with E-state index in [9.17, 15) is 4.39 Å². The van der Waals surface area contributed by atoms with Gasteiger partial charge in [0, 0.05) is 11.6 Å². The Bertz CT molecular complexity index is 1160. The van der Waals surface area contributed by atoms with Gasteiger partial charge >= 0.3 is 0 Å².